The topological polar surface area (TPSA) is 9.23 Å². The number of hydrogen-bond donors (Lipinski definition) is 0. The third-order valence-electron chi connectivity index (χ3n) is 4.72. The first-order chi connectivity index (χ1) is 11.5. The van der Waals surface area contributed by atoms with Gasteiger partial charge in [-0.05, 0) is 54.8 Å². The van der Waals surface area contributed by atoms with Gasteiger partial charge in [0.1, 0.15) is 11.6 Å². The van der Waals surface area contributed by atoms with E-state index in [2.05, 4.69) is 50.2 Å². The molecule has 0 heterocycles. The molecule has 0 aliphatic heterocycles. The Bertz CT molecular complexity index is 757. The van der Waals surface area contributed by atoms with Gasteiger partial charge in [-0.2, -0.15) is 0 Å². The summed E-state index contributed by atoms with van der Waals surface area (Å²) < 4.78 is 18.7. The molecule has 122 valence electrons. The highest BCUT2D eigenvalue weighted by Crippen LogP contribution is 2.39. The Morgan fingerprint density at radius 2 is 1.12 bits per heavy atom. The molecule has 3 aromatic rings. The number of methoxy groups -OCH3 is 1. The third-order valence-corrected chi connectivity index (χ3v) is 4.72. The van der Waals surface area contributed by atoms with Gasteiger partial charge < -0.3 is 4.74 Å². The zero-order valence-electron chi connectivity index (χ0n) is 14.2. The second kappa shape index (κ2) is 6.48. The minimum absolute atomic E-state index is 0.222. The van der Waals surface area contributed by atoms with Gasteiger partial charge in [0.05, 0.1) is 7.11 Å². The highest BCUT2D eigenvalue weighted by Gasteiger charge is 2.31. The van der Waals surface area contributed by atoms with Crippen molar-refractivity contribution in [3.63, 3.8) is 0 Å². The second-order valence-corrected chi connectivity index (χ2v) is 6.23. The van der Waals surface area contributed by atoms with Crippen LogP contribution < -0.4 is 4.74 Å². The molecule has 0 aromatic heterocycles. The van der Waals surface area contributed by atoms with Crippen LogP contribution in [0.3, 0.4) is 0 Å². The highest BCUT2D eigenvalue weighted by molar-refractivity contribution is 5.50. The zero-order valence-corrected chi connectivity index (χ0v) is 14.2. The molecular formula is C22H21FO. The monoisotopic (exact) mass is 320 g/mol. The summed E-state index contributed by atoms with van der Waals surface area (Å²) >= 11 is 0. The molecule has 1 nitrogen and oxygen atoms in total. The number of aryl methyl sites for hydroxylation is 1. The van der Waals surface area contributed by atoms with Gasteiger partial charge in [-0.15, -0.1) is 0 Å². The molecule has 0 saturated heterocycles. The average molecular weight is 320 g/mol. The van der Waals surface area contributed by atoms with Gasteiger partial charge in [-0.3, -0.25) is 0 Å². The molecule has 0 N–H and O–H groups in total. The summed E-state index contributed by atoms with van der Waals surface area (Å²) in [4.78, 5) is 0. The van der Waals surface area contributed by atoms with Gasteiger partial charge in [0.2, 0.25) is 0 Å². The van der Waals surface area contributed by atoms with Crippen LogP contribution in [0.2, 0.25) is 0 Å². The molecule has 0 aliphatic carbocycles. The molecule has 24 heavy (non-hydrogen) atoms. The Kier molecular flexibility index (Phi) is 4.39. The van der Waals surface area contributed by atoms with Crippen molar-refractivity contribution >= 4 is 0 Å². The quantitative estimate of drug-likeness (QED) is 0.577. The SMILES string of the molecule is COc1ccc([C@@](C)(c2ccc(C)cc2)c2ccc(F)cc2)cc1. The minimum Gasteiger partial charge on any atom is -0.497 e. The third kappa shape index (κ3) is 2.92. The largest absolute Gasteiger partial charge is 0.497 e. The van der Waals surface area contributed by atoms with Gasteiger partial charge in [0.15, 0.2) is 0 Å². The first kappa shape index (κ1) is 16.3. The highest BCUT2D eigenvalue weighted by atomic mass is 19.1. The predicted octanol–water partition coefficient (Wildman–Crippen LogP) is 5.50. The van der Waals surface area contributed by atoms with Crippen LogP contribution in [0.1, 0.15) is 29.2 Å². The summed E-state index contributed by atoms with van der Waals surface area (Å²) in [5.41, 5.74) is 4.21. The normalized spacial score (nSPS) is 13.3. The minimum atomic E-state index is -0.367. The fourth-order valence-electron chi connectivity index (χ4n) is 3.09. The van der Waals surface area contributed by atoms with E-state index >= 15 is 0 Å². The molecule has 0 spiro atoms. The molecule has 0 radical (unpaired) electrons. The molecule has 3 rings (SSSR count). The molecule has 0 bridgehead atoms. The van der Waals surface area contributed by atoms with Crippen LogP contribution in [0.15, 0.2) is 72.8 Å². The molecule has 0 unspecified atom stereocenters. The van der Waals surface area contributed by atoms with Crippen molar-refractivity contribution in [2.45, 2.75) is 19.3 Å². The van der Waals surface area contributed by atoms with Crippen molar-refractivity contribution in [3.8, 4) is 5.75 Å². The van der Waals surface area contributed by atoms with E-state index in [9.17, 15) is 4.39 Å². The maximum Gasteiger partial charge on any atom is 0.123 e. The molecule has 1 atom stereocenters. The van der Waals surface area contributed by atoms with Crippen LogP contribution in [0.4, 0.5) is 4.39 Å². The number of halogens is 1. The number of hydrogen-bond acceptors (Lipinski definition) is 1. The van der Waals surface area contributed by atoms with Crippen LogP contribution in [-0.4, -0.2) is 7.11 Å². The molecule has 0 fully saturated rings. The molecule has 2 heteroatoms. The van der Waals surface area contributed by atoms with E-state index in [1.807, 2.05) is 24.3 Å². The van der Waals surface area contributed by atoms with Crippen LogP contribution in [0.25, 0.3) is 0 Å². The lowest BCUT2D eigenvalue weighted by atomic mass is 9.71. The van der Waals surface area contributed by atoms with E-state index in [4.69, 9.17) is 4.74 Å². The van der Waals surface area contributed by atoms with Gasteiger partial charge in [-0.1, -0.05) is 54.1 Å². The maximum absolute atomic E-state index is 13.4. The molecule has 3 aromatic carbocycles. The summed E-state index contributed by atoms with van der Waals surface area (Å²) in [7, 11) is 1.66. The van der Waals surface area contributed by atoms with E-state index in [0.717, 1.165) is 16.9 Å². The molecule has 0 amide bonds. The van der Waals surface area contributed by atoms with Crippen molar-refractivity contribution in [2.75, 3.05) is 7.11 Å². The zero-order chi connectivity index (χ0) is 17.2. The van der Waals surface area contributed by atoms with Gasteiger partial charge >= 0.3 is 0 Å². The summed E-state index contributed by atoms with van der Waals surface area (Å²) in [6.07, 6.45) is 0. The second-order valence-electron chi connectivity index (χ2n) is 6.23. The van der Waals surface area contributed by atoms with E-state index in [1.54, 1.807) is 7.11 Å². The lowest BCUT2D eigenvalue weighted by Gasteiger charge is -2.32. The first-order valence-electron chi connectivity index (χ1n) is 8.02. The molecule has 0 saturated carbocycles. The van der Waals surface area contributed by atoms with Crippen molar-refractivity contribution in [2.24, 2.45) is 0 Å². The van der Waals surface area contributed by atoms with Crippen LogP contribution >= 0.6 is 0 Å². The van der Waals surface area contributed by atoms with E-state index in [0.29, 0.717) is 0 Å². The molecular weight excluding hydrogens is 299 g/mol. The predicted molar refractivity (Wildman–Crippen MR) is 96.1 cm³/mol. The maximum atomic E-state index is 13.4. The lowest BCUT2D eigenvalue weighted by molar-refractivity contribution is 0.414. The summed E-state index contributed by atoms with van der Waals surface area (Å²) in [5.74, 6) is 0.601. The summed E-state index contributed by atoms with van der Waals surface area (Å²) in [5, 5.41) is 0. The van der Waals surface area contributed by atoms with Crippen LogP contribution in [0, 0.1) is 12.7 Å². The Morgan fingerprint density at radius 1 is 0.708 bits per heavy atom. The van der Waals surface area contributed by atoms with Crippen molar-refractivity contribution in [1.29, 1.82) is 0 Å². The van der Waals surface area contributed by atoms with Crippen LogP contribution in [0.5, 0.6) is 5.75 Å². The standard InChI is InChI=1S/C22H21FO/c1-16-4-6-17(7-5-16)22(2,18-8-12-20(23)13-9-18)19-10-14-21(24-3)15-11-19/h4-15H,1-3H3/t22-/m0/s1. The number of ether oxygens (including phenoxy) is 1. The van der Waals surface area contributed by atoms with Gasteiger partial charge in [0, 0.05) is 5.41 Å². The summed E-state index contributed by atoms with van der Waals surface area (Å²) in [6, 6.07) is 23.3. The van der Waals surface area contributed by atoms with E-state index < -0.39 is 0 Å². The smallest absolute Gasteiger partial charge is 0.123 e. The fourth-order valence-corrected chi connectivity index (χ4v) is 3.09. The molecule has 0 aliphatic rings. The lowest BCUT2D eigenvalue weighted by Crippen LogP contribution is -2.25. The van der Waals surface area contributed by atoms with Crippen molar-refractivity contribution in [1.82, 2.24) is 0 Å². The van der Waals surface area contributed by atoms with Crippen molar-refractivity contribution in [3.05, 3.63) is 101 Å². The van der Waals surface area contributed by atoms with Crippen molar-refractivity contribution < 1.29 is 9.13 Å². The average Bonchev–Trinajstić information content (AvgIpc) is 2.62. The van der Waals surface area contributed by atoms with Crippen LogP contribution in [-0.2, 0) is 5.41 Å². The first-order valence-corrected chi connectivity index (χ1v) is 8.02. The number of benzene rings is 3. The number of rotatable bonds is 4. The van der Waals surface area contributed by atoms with Gasteiger partial charge in [-0.25, -0.2) is 4.39 Å². The van der Waals surface area contributed by atoms with Gasteiger partial charge in [0.25, 0.3) is 0 Å². The van der Waals surface area contributed by atoms with E-state index in [-0.39, 0.29) is 11.2 Å². The Balaban J connectivity index is 2.18. The Labute approximate surface area is 142 Å². The van der Waals surface area contributed by atoms with E-state index in [1.165, 1.54) is 23.3 Å². The Morgan fingerprint density at radius 3 is 1.58 bits per heavy atom. The fraction of sp³-hybridized carbons (Fsp3) is 0.182. The Hall–Kier alpha value is -2.61. The summed E-state index contributed by atoms with van der Waals surface area (Å²) in [6.45, 7) is 4.25.